The van der Waals surface area contributed by atoms with Crippen molar-refractivity contribution >= 4 is 34.2 Å². The summed E-state index contributed by atoms with van der Waals surface area (Å²) in [7, 11) is 0. The summed E-state index contributed by atoms with van der Waals surface area (Å²) < 4.78 is 0. The van der Waals surface area contributed by atoms with Crippen LogP contribution in [0, 0.1) is 0 Å². The minimum Gasteiger partial charge on any atom is -0.323 e. The van der Waals surface area contributed by atoms with Gasteiger partial charge in [-0.3, -0.25) is 9.59 Å². The summed E-state index contributed by atoms with van der Waals surface area (Å²) in [5, 5.41) is 0. The number of pyridine rings is 1. The molecule has 0 unspecified atom stereocenters. The van der Waals surface area contributed by atoms with Gasteiger partial charge in [0.15, 0.2) is 5.65 Å². The van der Waals surface area contributed by atoms with Gasteiger partial charge >= 0.3 is 0 Å². The zero-order chi connectivity index (χ0) is 16.3. The van der Waals surface area contributed by atoms with Crippen LogP contribution < -0.4 is 4.90 Å². The maximum absolute atomic E-state index is 12.7. The maximum atomic E-state index is 12.7. The molecular formula is C18H10N4O2. The van der Waals surface area contributed by atoms with Crippen LogP contribution in [0.4, 0.5) is 5.69 Å². The molecule has 24 heavy (non-hydrogen) atoms. The van der Waals surface area contributed by atoms with Crippen LogP contribution in [0.3, 0.4) is 0 Å². The molecule has 5 rings (SSSR count). The average molecular weight is 314 g/mol. The minimum absolute atomic E-state index is 0.338. The van der Waals surface area contributed by atoms with Crippen molar-refractivity contribution in [2.45, 2.75) is 0 Å². The molecule has 114 valence electrons. The molecule has 0 saturated heterocycles. The van der Waals surface area contributed by atoms with Crippen molar-refractivity contribution in [1.29, 1.82) is 0 Å². The second-order valence-corrected chi connectivity index (χ2v) is 5.59. The van der Waals surface area contributed by atoms with Crippen molar-refractivity contribution in [3.05, 3.63) is 71.7 Å². The number of amides is 2. The number of hydrogen-bond donors (Lipinski definition) is 1. The van der Waals surface area contributed by atoms with Gasteiger partial charge in [0.05, 0.1) is 16.8 Å². The van der Waals surface area contributed by atoms with Crippen molar-refractivity contribution in [2.75, 3.05) is 4.90 Å². The summed E-state index contributed by atoms with van der Waals surface area (Å²) in [6, 6.07) is 8.46. The van der Waals surface area contributed by atoms with E-state index >= 15 is 0 Å². The Balaban J connectivity index is 1.69. The van der Waals surface area contributed by atoms with E-state index in [0.717, 1.165) is 5.57 Å². The van der Waals surface area contributed by atoms with E-state index in [1.54, 1.807) is 36.5 Å². The lowest BCUT2D eigenvalue weighted by atomic mass is 10.1. The number of rotatable bonds is 2. The monoisotopic (exact) mass is 314 g/mol. The highest BCUT2D eigenvalue weighted by Gasteiger charge is 2.37. The van der Waals surface area contributed by atoms with Crippen LogP contribution >= 0.6 is 0 Å². The third kappa shape index (κ3) is 1.59. The van der Waals surface area contributed by atoms with Crippen LogP contribution in [0.2, 0.25) is 0 Å². The third-order valence-electron chi connectivity index (χ3n) is 4.22. The van der Waals surface area contributed by atoms with Gasteiger partial charge in [-0.1, -0.05) is 30.4 Å². The van der Waals surface area contributed by atoms with Crippen molar-refractivity contribution in [1.82, 2.24) is 15.0 Å². The first kappa shape index (κ1) is 13.0. The molecule has 6 nitrogen and oxygen atoms in total. The summed E-state index contributed by atoms with van der Waals surface area (Å²) in [4.78, 5) is 38.4. The topological polar surface area (TPSA) is 79.0 Å². The maximum Gasteiger partial charge on any atom is 0.266 e. The predicted molar refractivity (Wildman–Crippen MR) is 88.6 cm³/mol. The lowest BCUT2D eigenvalue weighted by Crippen LogP contribution is -2.29. The number of allylic oxidation sites excluding steroid dienone is 4. The van der Waals surface area contributed by atoms with Crippen molar-refractivity contribution < 1.29 is 9.59 Å². The summed E-state index contributed by atoms with van der Waals surface area (Å²) in [5.41, 5.74) is 3.27. The molecule has 1 aliphatic carbocycles. The van der Waals surface area contributed by atoms with Gasteiger partial charge in [-0.15, -0.1) is 0 Å². The average Bonchev–Trinajstić information content (AvgIpc) is 3.06. The van der Waals surface area contributed by atoms with Gasteiger partial charge in [-0.05, 0) is 18.2 Å². The molecule has 0 fully saturated rings. The van der Waals surface area contributed by atoms with Gasteiger partial charge in [0.25, 0.3) is 11.8 Å². The van der Waals surface area contributed by atoms with Gasteiger partial charge in [0, 0.05) is 11.8 Å². The Kier molecular flexibility index (Phi) is 2.42. The highest BCUT2D eigenvalue weighted by atomic mass is 16.2. The number of imide groups is 1. The number of benzene rings is 1. The van der Waals surface area contributed by atoms with Gasteiger partial charge in [0.1, 0.15) is 11.3 Å². The minimum atomic E-state index is -0.338. The molecule has 1 aromatic carbocycles. The smallest absolute Gasteiger partial charge is 0.266 e. The van der Waals surface area contributed by atoms with Crippen molar-refractivity contribution in [3.8, 4) is 0 Å². The molecule has 0 bridgehead atoms. The number of aromatic amines is 1. The van der Waals surface area contributed by atoms with Crippen LogP contribution in [-0.4, -0.2) is 26.8 Å². The Bertz CT molecular complexity index is 1070. The number of carbonyl (C=O) groups excluding carboxylic acids is 2. The zero-order valence-electron chi connectivity index (χ0n) is 12.4. The molecule has 1 N–H and O–H groups in total. The number of hydrogen-bond acceptors (Lipinski definition) is 4. The fraction of sp³-hybridized carbons (Fsp3) is 0. The standard InChI is InChI=1S/C18H10N4O2/c23-17-11-6-1-2-7-12(11)18(24)22(17)13-8-9-19-16-14(13)20-15(21-16)10-4-3-5-10/h1-9H,(H,19,20,21). The van der Waals surface area contributed by atoms with E-state index in [1.807, 2.05) is 18.2 Å². The van der Waals surface area contributed by atoms with Gasteiger partial charge in [-0.25, -0.2) is 14.9 Å². The summed E-state index contributed by atoms with van der Waals surface area (Å²) in [5.74, 6) is -0.00475. The first-order chi connectivity index (χ1) is 11.7. The van der Waals surface area contributed by atoms with E-state index in [-0.39, 0.29) is 11.8 Å². The molecule has 2 amide bonds. The number of H-pyrrole nitrogens is 1. The molecule has 3 heterocycles. The Labute approximate surface area is 136 Å². The highest BCUT2D eigenvalue weighted by molar-refractivity contribution is 6.35. The van der Waals surface area contributed by atoms with Crippen LogP contribution in [0.15, 0.2) is 54.8 Å². The molecule has 0 spiro atoms. The van der Waals surface area contributed by atoms with Crippen molar-refractivity contribution in [2.24, 2.45) is 0 Å². The second kappa shape index (κ2) is 4.48. The van der Waals surface area contributed by atoms with E-state index in [9.17, 15) is 9.59 Å². The van der Waals surface area contributed by atoms with Gasteiger partial charge in [0.2, 0.25) is 0 Å². The van der Waals surface area contributed by atoms with Crippen LogP contribution in [0.5, 0.6) is 0 Å². The molecule has 2 aliphatic rings. The van der Waals surface area contributed by atoms with Crippen LogP contribution in [0.25, 0.3) is 16.7 Å². The summed E-state index contributed by atoms with van der Waals surface area (Å²) >= 11 is 0. The van der Waals surface area contributed by atoms with E-state index in [0.29, 0.717) is 33.8 Å². The van der Waals surface area contributed by atoms with E-state index in [4.69, 9.17) is 0 Å². The molecule has 3 aromatic rings. The number of carbonyl (C=O) groups is 2. The van der Waals surface area contributed by atoms with E-state index in [2.05, 4.69) is 15.0 Å². The van der Waals surface area contributed by atoms with E-state index < -0.39 is 0 Å². The molecule has 0 saturated carbocycles. The normalized spacial score (nSPS) is 15.7. The zero-order valence-corrected chi connectivity index (χ0v) is 12.4. The number of aromatic nitrogens is 3. The van der Waals surface area contributed by atoms with Gasteiger partial charge in [-0.2, -0.15) is 0 Å². The Morgan fingerprint density at radius 3 is 2.33 bits per heavy atom. The summed E-state index contributed by atoms with van der Waals surface area (Å²) in [6.45, 7) is 0. The fourth-order valence-electron chi connectivity index (χ4n) is 2.97. The van der Waals surface area contributed by atoms with E-state index in [1.165, 1.54) is 4.90 Å². The lowest BCUT2D eigenvalue weighted by Gasteiger charge is -2.13. The largest absolute Gasteiger partial charge is 0.323 e. The Morgan fingerprint density at radius 1 is 1.00 bits per heavy atom. The second-order valence-electron chi connectivity index (χ2n) is 5.59. The Morgan fingerprint density at radius 2 is 1.71 bits per heavy atom. The number of imidazole rings is 1. The quantitative estimate of drug-likeness (QED) is 0.738. The highest BCUT2D eigenvalue weighted by Crippen LogP contribution is 2.33. The molecule has 6 heteroatoms. The first-order valence-electron chi connectivity index (χ1n) is 7.45. The molecular weight excluding hydrogens is 304 g/mol. The Hall–Kier alpha value is -3.54. The molecule has 0 radical (unpaired) electrons. The number of nitrogens with zero attached hydrogens (tertiary/aromatic N) is 3. The molecule has 2 aromatic heterocycles. The SMILES string of the molecule is O=C1c2ccccc2C(=O)N1c1ccnc2[nH]c(C3=CC=C3)nc12. The van der Waals surface area contributed by atoms with Crippen molar-refractivity contribution in [3.63, 3.8) is 0 Å². The van der Waals surface area contributed by atoms with Crippen LogP contribution in [-0.2, 0) is 0 Å². The summed E-state index contributed by atoms with van der Waals surface area (Å²) in [6.07, 6.45) is 7.34. The van der Waals surface area contributed by atoms with Gasteiger partial charge < -0.3 is 4.98 Å². The molecule has 1 aliphatic heterocycles. The van der Waals surface area contributed by atoms with Crippen LogP contribution in [0.1, 0.15) is 26.5 Å². The number of fused-ring (bicyclic) bond motifs is 2. The number of anilines is 1. The lowest BCUT2D eigenvalue weighted by molar-refractivity contribution is 0.0926. The fourth-order valence-corrected chi connectivity index (χ4v) is 2.97. The predicted octanol–water partition coefficient (Wildman–Crippen LogP) is 2.71. The third-order valence-corrected chi connectivity index (χ3v) is 4.22. The molecule has 0 atom stereocenters. The number of nitrogens with one attached hydrogen (secondary N) is 1. The first-order valence-corrected chi connectivity index (χ1v) is 7.45.